The molecular weight excluding hydrogens is 310 g/mol. The molecule has 0 amide bonds. The van der Waals surface area contributed by atoms with Gasteiger partial charge in [-0.3, -0.25) is 9.69 Å². The number of ether oxygens (including phenoxy) is 2. The van der Waals surface area contributed by atoms with E-state index < -0.39 is 5.97 Å². The molecule has 2 bridgehead atoms. The summed E-state index contributed by atoms with van der Waals surface area (Å²) in [4.78, 5) is 30.5. The molecule has 3 fully saturated rings. The van der Waals surface area contributed by atoms with Crippen molar-refractivity contribution in [3.05, 3.63) is 17.2 Å². The Hall–Kier alpha value is -1.89. The van der Waals surface area contributed by atoms with Gasteiger partial charge in [0, 0.05) is 38.8 Å². The van der Waals surface area contributed by atoms with E-state index in [9.17, 15) is 9.59 Å². The maximum Gasteiger partial charge on any atom is 0.374 e. The van der Waals surface area contributed by atoms with Crippen LogP contribution >= 0.6 is 0 Å². The van der Waals surface area contributed by atoms with E-state index in [1.165, 1.54) is 14.2 Å². The molecule has 3 aliphatic carbocycles. The maximum absolute atomic E-state index is 11.8. The zero-order valence-corrected chi connectivity index (χ0v) is 14.4. The molecule has 1 aliphatic heterocycles. The number of fused-ring (bicyclic) bond motifs is 1. The summed E-state index contributed by atoms with van der Waals surface area (Å²) in [6, 6.07) is 0. The third kappa shape index (κ3) is 2.03. The number of methoxy groups -OCH3 is 2. The van der Waals surface area contributed by atoms with Crippen molar-refractivity contribution in [2.75, 3.05) is 27.3 Å². The van der Waals surface area contributed by atoms with Gasteiger partial charge in [0.25, 0.3) is 0 Å². The molecule has 4 aliphatic rings. The zero-order chi connectivity index (χ0) is 17.1. The maximum atomic E-state index is 11.8. The summed E-state index contributed by atoms with van der Waals surface area (Å²) in [6.45, 7) is 2.71. The summed E-state index contributed by atoms with van der Waals surface area (Å²) >= 11 is 0. The first-order chi connectivity index (χ1) is 11.4. The van der Waals surface area contributed by atoms with Crippen molar-refractivity contribution in [3.8, 4) is 0 Å². The summed E-state index contributed by atoms with van der Waals surface area (Å²) in [7, 11) is 4.72. The first kappa shape index (κ1) is 15.6. The van der Waals surface area contributed by atoms with E-state index in [0.29, 0.717) is 5.82 Å². The number of hydrogen-bond donors (Lipinski definition) is 0. The fourth-order valence-electron chi connectivity index (χ4n) is 5.06. The highest BCUT2D eigenvalue weighted by atomic mass is 16.5. The second-order valence-electron chi connectivity index (χ2n) is 7.64. The average Bonchev–Trinajstić information content (AvgIpc) is 2.84. The molecule has 0 radical (unpaired) electrons. The Morgan fingerprint density at radius 1 is 1.21 bits per heavy atom. The van der Waals surface area contributed by atoms with E-state index in [1.807, 2.05) is 11.6 Å². The molecule has 0 N–H and O–H groups in total. The number of imidazole rings is 1. The third-order valence-corrected chi connectivity index (χ3v) is 6.02. The van der Waals surface area contributed by atoms with Gasteiger partial charge in [-0.2, -0.15) is 0 Å². The van der Waals surface area contributed by atoms with E-state index in [0.717, 1.165) is 56.7 Å². The lowest BCUT2D eigenvalue weighted by molar-refractivity contribution is -0.231. The monoisotopic (exact) mass is 333 g/mol. The van der Waals surface area contributed by atoms with E-state index in [2.05, 4.69) is 9.88 Å². The SMILES string of the molecule is COC(=O)c1nc2c(n1C)CCN(CC13CC(C(=O)OC)(C1)C3)C2. The van der Waals surface area contributed by atoms with Crippen LogP contribution in [0.4, 0.5) is 0 Å². The Bertz CT molecular complexity index is 704. The molecule has 0 saturated heterocycles. The van der Waals surface area contributed by atoms with Crippen molar-refractivity contribution in [1.82, 2.24) is 14.5 Å². The number of carbonyl (C=O) groups excluding carboxylic acids is 2. The predicted molar refractivity (Wildman–Crippen MR) is 84.3 cm³/mol. The Balaban J connectivity index is 1.42. The van der Waals surface area contributed by atoms with Gasteiger partial charge >= 0.3 is 11.9 Å². The predicted octanol–water partition coefficient (Wildman–Crippen LogP) is 0.908. The molecule has 1 aromatic rings. The van der Waals surface area contributed by atoms with Crippen LogP contribution < -0.4 is 0 Å². The number of aromatic nitrogens is 2. The minimum atomic E-state index is -0.391. The van der Waals surface area contributed by atoms with Crippen LogP contribution in [-0.4, -0.2) is 53.7 Å². The minimum Gasteiger partial charge on any atom is -0.469 e. The van der Waals surface area contributed by atoms with Gasteiger partial charge in [0.15, 0.2) is 0 Å². The molecule has 0 atom stereocenters. The van der Waals surface area contributed by atoms with Gasteiger partial charge < -0.3 is 14.0 Å². The lowest BCUT2D eigenvalue weighted by Crippen LogP contribution is -2.69. The fraction of sp³-hybridized carbons (Fsp3) is 0.706. The lowest BCUT2D eigenvalue weighted by Gasteiger charge is -2.69. The number of hydrogen-bond acceptors (Lipinski definition) is 6. The summed E-state index contributed by atoms with van der Waals surface area (Å²) in [5, 5.41) is 0. The molecule has 7 nitrogen and oxygen atoms in total. The normalized spacial score (nSPS) is 30.8. The molecule has 5 rings (SSSR count). The van der Waals surface area contributed by atoms with Crippen LogP contribution in [-0.2, 0) is 34.3 Å². The van der Waals surface area contributed by atoms with Crippen molar-refractivity contribution in [2.24, 2.45) is 17.9 Å². The topological polar surface area (TPSA) is 73.7 Å². The highest BCUT2D eigenvalue weighted by Crippen LogP contribution is 2.73. The first-order valence-electron chi connectivity index (χ1n) is 8.36. The molecule has 0 aromatic carbocycles. The Morgan fingerprint density at radius 2 is 1.92 bits per heavy atom. The van der Waals surface area contributed by atoms with Crippen LogP contribution in [0.25, 0.3) is 0 Å². The molecule has 0 unspecified atom stereocenters. The summed E-state index contributed by atoms with van der Waals surface area (Å²) in [6.07, 6.45) is 3.73. The van der Waals surface area contributed by atoms with Crippen LogP contribution in [0.3, 0.4) is 0 Å². The van der Waals surface area contributed by atoms with Crippen molar-refractivity contribution in [1.29, 1.82) is 0 Å². The van der Waals surface area contributed by atoms with Gasteiger partial charge in [0.05, 0.1) is 25.3 Å². The standard InChI is InChI=1S/C17H23N3O4/c1-19-12-4-5-20(6-11(12)18-13(19)14(21)23-2)10-16-7-17(8-16,9-16)15(22)24-3/h4-10H2,1-3H3. The third-order valence-electron chi connectivity index (χ3n) is 6.02. The van der Waals surface area contributed by atoms with Crippen molar-refractivity contribution >= 4 is 11.9 Å². The molecular formula is C17H23N3O4. The molecule has 7 heteroatoms. The Morgan fingerprint density at radius 3 is 2.54 bits per heavy atom. The average molecular weight is 333 g/mol. The van der Waals surface area contributed by atoms with Crippen LogP contribution in [0.1, 0.15) is 41.3 Å². The van der Waals surface area contributed by atoms with E-state index >= 15 is 0 Å². The molecule has 2 heterocycles. The fourth-order valence-corrected chi connectivity index (χ4v) is 5.06. The van der Waals surface area contributed by atoms with Crippen LogP contribution in [0.15, 0.2) is 0 Å². The summed E-state index contributed by atoms with van der Waals surface area (Å²) < 4.78 is 11.6. The number of rotatable bonds is 4. The molecule has 24 heavy (non-hydrogen) atoms. The van der Waals surface area contributed by atoms with Crippen LogP contribution in [0, 0.1) is 10.8 Å². The minimum absolute atomic E-state index is 0.0437. The van der Waals surface area contributed by atoms with Gasteiger partial charge in [-0.05, 0) is 24.7 Å². The zero-order valence-electron chi connectivity index (χ0n) is 14.4. The molecule has 3 saturated carbocycles. The van der Waals surface area contributed by atoms with Gasteiger partial charge in [-0.1, -0.05) is 0 Å². The smallest absolute Gasteiger partial charge is 0.374 e. The van der Waals surface area contributed by atoms with Crippen molar-refractivity contribution in [3.63, 3.8) is 0 Å². The highest BCUT2D eigenvalue weighted by Gasteiger charge is 2.72. The summed E-state index contributed by atoms with van der Waals surface area (Å²) in [5.74, 6) is -0.0600. The highest BCUT2D eigenvalue weighted by molar-refractivity contribution is 5.85. The van der Waals surface area contributed by atoms with Crippen molar-refractivity contribution in [2.45, 2.75) is 32.2 Å². The summed E-state index contributed by atoms with van der Waals surface area (Å²) in [5.41, 5.74) is 2.19. The van der Waals surface area contributed by atoms with Crippen LogP contribution in [0.5, 0.6) is 0 Å². The van der Waals surface area contributed by atoms with E-state index in [1.54, 1.807) is 0 Å². The second kappa shape index (κ2) is 5.05. The second-order valence-corrected chi connectivity index (χ2v) is 7.64. The van der Waals surface area contributed by atoms with E-state index in [4.69, 9.17) is 9.47 Å². The Labute approximate surface area is 140 Å². The van der Waals surface area contributed by atoms with Crippen LogP contribution in [0.2, 0.25) is 0 Å². The van der Waals surface area contributed by atoms with Gasteiger partial charge in [0.1, 0.15) is 0 Å². The Kier molecular flexibility index (Phi) is 3.29. The number of esters is 2. The molecule has 130 valence electrons. The van der Waals surface area contributed by atoms with Crippen molar-refractivity contribution < 1.29 is 19.1 Å². The quantitative estimate of drug-likeness (QED) is 0.763. The van der Waals surface area contributed by atoms with E-state index in [-0.39, 0.29) is 16.8 Å². The number of nitrogens with zero attached hydrogens (tertiary/aromatic N) is 3. The van der Waals surface area contributed by atoms with Gasteiger partial charge in [-0.15, -0.1) is 0 Å². The number of carbonyl (C=O) groups is 2. The first-order valence-corrected chi connectivity index (χ1v) is 8.36. The van der Waals surface area contributed by atoms with Gasteiger partial charge in [-0.25, -0.2) is 9.78 Å². The van der Waals surface area contributed by atoms with Gasteiger partial charge in [0.2, 0.25) is 5.82 Å². The largest absolute Gasteiger partial charge is 0.469 e. The molecule has 0 spiro atoms. The molecule has 1 aromatic heterocycles. The lowest BCUT2D eigenvalue weighted by atomic mass is 9.35.